The maximum absolute atomic E-state index is 12.5. The molecule has 0 unspecified atom stereocenters. The highest BCUT2D eigenvalue weighted by molar-refractivity contribution is 9.10. The smallest absolute Gasteiger partial charge is 0.264 e. The van der Waals surface area contributed by atoms with Crippen LogP contribution >= 0.6 is 39.3 Å². The van der Waals surface area contributed by atoms with E-state index in [4.69, 9.17) is 11.6 Å². The number of nitrogens with one attached hydrogen (secondary N) is 1. The van der Waals surface area contributed by atoms with Gasteiger partial charge in [-0.3, -0.25) is 4.79 Å². The van der Waals surface area contributed by atoms with Gasteiger partial charge in [0.15, 0.2) is 5.17 Å². The molecule has 152 valence electrons. The molecule has 1 saturated heterocycles. The Labute approximate surface area is 193 Å². The number of hydrogen-bond acceptors (Lipinski definition) is 3. The van der Waals surface area contributed by atoms with Gasteiger partial charge < -0.3 is 9.88 Å². The van der Waals surface area contributed by atoms with Crippen molar-refractivity contribution in [1.82, 2.24) is 9.88 Å². The molecule has 4 nitrogen and oxygen atoms in total. The van der Waals surface area contributed by atoms with Gasteiger partial charge in [0, 0.05) is 26.6 Å². The zero-order chi connectivity index (χ0) is 21.4. The zero-order valence-electron chi connectivity index (χ0n) is 16.7. The number of benzene rings is 2. The van der Waals surface area contributed by atoms with Crippen molar-refractivity contribution >= 4 is 62.1 Å². The third-order valence-corrected chi connectivity index (χ3v) is 6.72. The molecule has 0 atom stereocenters. The van der Waals surface area contributed by atoms with Crippen molar-refractivity contribution in [3.05, 3.63) is 85.4 Å². The first kappa shape index (κ1) is 21.0. The molecule has 0 saturated carbocycles. The van der Waals surface area contributed by atoms with E-state index in [0.717, 1.165) is 32.7 Å². The van der Waals surface area contributed by atoms with Crippen LogP contribution in [-0.2, 0) is 4.79 Å². The second-order valence-corrected chi connectivity index (χ2v) is 9.41. The van der Waals surface area contributed by atoms with Gasteiger partial charge in [-0.05, 0) is 92.2 Å². The molecule has 1 fully saturated rings. The van der Waals surface area contributed by atoms with E-state index in [2.05, 4.69) is 62.9 Å². The Balaban J connectivity index is 1.63. The highest BCUT2D eigenvalue weighted by atomic mass is 79.9. The number of halogens is 2. The lowest BCUT2D eigenvalue weighted by Crippen LogP contribution is -2.19. The van der Waals surface area contributed by atoms with Gasteiger partial charge in [-0.15, -0.1) is 0 Å². The van der Waals surface area contributed by atoms with Gasteiger partial charge in [-0.1, -0.05) is 33.6 Å². The highest BCUT2D eigenvalue weighted by Crippen LogP contribution is 2.31. The SMILES string of the molecule is Cc1ccc(N=C2NC(=O)/C(=C/c3cc(C)n(-c4ccc(Br)cc4)c3C)S2)cc1Cl. The molecule has 1 aromatic heterocycles. The van der Waals surface area contributed by atoms with E-state index < -0.39 is 0 Å². The lowest BCUT2D eigenvalue weighted by Gasteiger charge is -2.09. The zero-order valence-corrected chi connectivity index (χ0v) is 19.8. The lowest BCUT2D eigenvalue weighted by molar-refractivity contribution is -0.115. The highest BCUT2D eigenvalue weighted by Gasteiger charge is 2.24. The van der Waals surface area contributed by atoms with E-state index in [9.17, 15) is 4.79 Å². The van der Waals surface area contributed by atoms with Crippen LogP contribution in [0.1, 0.15) is 22.5 Å². The predicted molar refractivity (Wildman–Crippen MR) is 130 cm³/mol. The van der Waals surface area contributed by atoms with Gasteiger partial charge >= 0.3 is 0 Å². The number of rotatable bonds is 3. The Hall–Kier alpha value is -2.28. The number of aliphatic imine (C=N–C) groups is 1. The largest absolute Gasteiger partial charge is 0.318 e. The molecular formula is C23H19BrClN3OS. The summed E-state index contributed by atoms with van der Waals surface area (Å²) in [6.45, 7) is 6.06. The molecule has 0 bridgehead atoms. The van der Waals surface area contributed by atoms with Crippen LogP contribution in [-0.4, -0.2) is 15.6 Å². The molecule has 0 radical (unpaired) electrons. The average molecular weight is 501 g/mol. The number of nitrogens with zero attached hydrogens (tertiary/aromatic N) is 2. The third-order valence-electron chi connectivity index (χ3n) is 4.88. The van der Waals surface area contributed by atoms with E-state index >= 15 is 0 Å². The van der Waals surface area contributed by atoms with Crippen molar-refractivity contribution in [1.29, 1.82) is 0 Å². The van der Waals surface area contributed by atoms with Gasteiger partial charge in [-0.2, -0.15) is 0 Å². The van der Waals surface area contributed by atoms with Crippen LogP contribution in [0.25, 0.3) is 11.8 Å². The van der Waals surface area contributed by atoms with E-state index in [1.807, 2.05) is 37.3 Å². The average Bonchev–Trinajstić information content (AvgIpc) is 3.18. The number of amidine groups is 1. The van der Waals surface area contributed by atoms with Crippen molar-refractivity contribution in [2.45, 2.75) is 20.8 Å². The molecule has 3 aromatic rings. The number of carbonyl (C=O) groups is 1. The quantitative estimate of drug-likeness (QED) is 0.406. The number of carbonyl (C=O) groups excluding carboxylic acids is 1. The standard InChI is InChI=1S/C23H19BrClN3OS/c1-13-4-7-18(12-20(13)25)26-23-27-22(29)21(30-23)11-16-10-14(2)28(15(16)3)19-8-5-17(24)6-9-19/h4-12H,1-3H3,(H,26,27,29)/b21-11-. The second-order valence-electron chi connectivity index (χ2n) is 7.05. The molecule has 1 aliphatic rings. The van der Waals surface area contributed by atoms with Gasteiger partial charge in [-0.25, -0.2) is 4.99 Å². The van der Waals surface area contributed by atoms with E-state index in [-0.39, 0.29) is 5.91 Å². The molecule has 30 heavy (non-hydrogen) atoms. The van der Waals surface area contributed by atoms with Crippen LogP contribution in [0.15, 0.2) is 62.9 Å². The molecule has 2 heterocycles. The van der Waals surface area contributed by atoms with E-state index in [1.165, 1.54) is 11.8 Å². The number of hydrogen-bond donors (Lipinski definition) is 1. The molecule has 1 amide bonds. The van der Waals surface area contributed by atoms with Crippen LogP contribution < -0.4 is 5.32 Å². The molecular weight excluding hydrogens is 482 g/mol. The van der Waals surface area contributed by atoms with Crippen molar-refractivity contribution in [3.63, 3.8) is 0 Å². The predicted octanol–water partition coefficient (Wildman–Crippen LogP) is 6.71. The molecule has 2 aromatic carbocycles. The lowest BCUT2D eigenvalue weighted by atomic mass is 10.2. The Kier molecular flexibility index (Phi) is 5.91. The summed E-state index contributed by atoms with van der Waals surface area (Å²) in [6.07, 6.45) is 1.92. The summed E-state index contributed by atoms with van der Waals surface area (Å²) >= 11 is 11.0. The minimum Gasteiger partial charge on any atom is -0.318 e. The maximum Gasteiger partial charge on any atom is 0.264 e. The molecule has 4 rings (SSSR count). The van der Waals surface area contributed by atoms with Crippen LogP contribution in [0.2, 0.25) is 5.02 Å². The number of aryl methyl sites for hydroxylation is 2. The van der Waals surface area contributed by atoms with Crippen molar-refractivity contribution in [2.24, 2.45) is 4.99 Å². The minimum atomic E-state index is -0.148. The molecule has 1 aliphatic heterocycles. The molecule has 0 spiro atoms. The summed E-state index contributed by atoms with van der Waals surface area (Å²) in [5.41, 5.74) is 5.97. The molecule has 7 heteroatoms. The first-order valence-corrected chi connectivity index (χ1v) is 11.3. The summed E-state index contributed by atoms with van der Waals surface area (Å²) in [5.74, 6) is -0.148. The topological polar surface area (TPSA) is 46.4 Å². The summed E-state index contributed by atoms with van der Waals surface area (Å²) in [5, 5.41) is 4.04. The molecule has 1 N–H and O–H groups in total. The Morgan fingerprint density at radius 1 is 1.10 bits per heavy atom. The van der Waals surface area contributed by atoms with Gasteiger partial charge in [0.25, 0.3) is 5.91 Å². The maximum atomic E-state index is 12.5. The van der Waals surface area contributed by atoms with E-state index in [0.29, 0.717) is 20.8 Å². The van der Waals surface area contributed by atoms with Crippen molar-refractivity contribution < 1.29 is 4.79 Å². The Morgan fingerprint density at radius 2 is 1.83 bits per heavy atom. The van der Waals surface area contributed by atoms with Gasteiger partial charge in [0.1, 0.15) is 0 Å². The van der Waals surface area contributed by atoms with Crippen molar-refractivity contribution in [2.75, 3.05) is 0 Å². The fourth-order valence-corrected chi connectivity index (χ4v) is 4.58. The second kappa shape index (κ2) is 8.46. The van der Waals surface area contributed by atoms with Crippen molar-refractivity contribution in [3.8, 4) is 5.69 Å². The van der Waals surface area contributed by atoms with Crippen LogP contribution in [0.3, 0.4) is 0 Å². The fraction of sp³-hybridized carbons (Fsp3) is 0.130. The van der Waals surface area contributed by atoms with Crippen LogP contribution in [0.5, 0.6) is 0 Å². The fourth-order valence-electron chi connectivity index (χ4n) is 3.31. The van der Waals surface area contributed by atoms with E-state index in [1.54, 1.807) is 6.07 Å². The molecule has 0 aliphatic carbocycles. The summed E-state index contributed by atoms with van der Waals surface area (Å²) in [4.78, 5) is 17.6. The van der Waals surface area contributed by atoms with Crippen LogP contribution in [0.4, 0.5) is 5.69 Å². The first-order chi connectivity index (χ1) is 14.3. The van der Waals surface area contributed by atoms with Gasteiger partial charge in [0.05, 0.1) is 10.6 Å². The first-order valence-electron chi connectivity index (χ1n) is 9.32. The van der Waals surface area contributed by atoms with Gasteiger partial charge in [0.2, 0.25) is 0 Å². The monoisotopic (exact) mass is 499 g/mol. The number of aromatic nitrogens is 1. The Bertz CT molecular complexity index is 1210. The third kappa shape index (κ3) is 4.26. The summed E-state index contributed by atoms with van der Waals surface area (Å²) in [6, 6.07) is 15.9. The van der Waals surface area contributed by atoms with Crippen LogP contribution in [0, 0.1) is 20.8 Å². The number of thioether (sulfide) groups is 1. The minimum absolute atomic E-state index is 0.148. The number of amides is 1. The summed E-state index contributed by atoms with van der Waals surface area (Å²) < 4.78 is 3.22. The normalized spacial score (nSPS) is 16.5. The Morgan fingerprint density at radius 3 is 2.53 bits per heavy atom. The summed E-state index contributed by atoms with van der Waals surface area (Å²) in [7, 11) is 0.